The Labute approximate surface area is 127 Å². The number of hydrogen-bond acceptors (Lipinski definition) is 2. The fourth-order valence-corrected chi connectivity index (χ4v) is 2.69. The van der Waals surface area contributed by atoms with Gasteiger partial charge in [-0.25, -0.2) is 0 Å². The normalized spacial score (nSPS) is 10.3. The number of aryl methyl sites for hydroxylation is 2. The Bertz CT molecular complexity index is 633. The first-order chi connectivity index (χ1) is 9.45. The van der Waals surface area contributed by atoms with Gasteiger partial charge in [0.1, 0.15) is 0 Å². The highest BCUT2D eigenvalue weighted by Crippen LogP contribution is 2.20. The number of primary amides is 1. The highest BCUT2D eigenvalue weighted by molar-refractivity contribution is 9.10. The van der Waals surface area contributed by atoms with E-state index >= 15 is 0 Å². The molecule has 0 fully saturated rings. The third-order valence-electron chi connectivity index (χ3n) is 3.15. The molecule has 4 heteroatoms. The smallest absolute Gasteiger partial charge is 0.248 e. The second-order valence-electron chi connectivity index (χ2n) is 4.88. The van der Waals surface area contributed by atoms with Crippen molar-refractivity contribution < 1.29 is 4.79 Å². The molecule has 0 bridgehead atoms. The molecule has 0 saturated heterocycles. The third-order valence-corrected chi connectivity index (χ3v) is 3.61. The zero-order valence-corrected chi connectivity index (χ0v) is 13.1. The van der Waals surface area contributed by atoms with Crippen molar-refractivity contribution in [1.82, 2.24) is 0 Å². The van der Waals surface area contributed by atoms with Crippen molar-refractivity contribution in [3.63, 3.8) is 0 Å². The summed E-state index contributed by atoms with van der Waals surface area (Å²) in [5.41, 5.74) is 10.3. The van der Waals surface area contributed by atoms with Crippen molar-refractivity contribution in [3.05, 3.63) is 63.1 Å². The Balaban J connectivity index is 2.12. The van der Waals surface area contributed by atoms with E-state index in [1.165, 1.54) is 5.56 Å². The van der Waals surface area contributed by atoms with Crippen LogP contribution in [-0.4, -0.2) is 5.91 Å². The summed E-state index contributed by atoms with van der Waals surface area (Å²) < 4.78 is 1.06. The lowest BCUT2D eigenvalue weighted by molar-refractivity contribution is 0.1000. The topological polar surface area (TPSA) is 55.1 Å². The Kier molecular flexibility index (Phi) is 4.45. The molecule has 0 aliphatic carbocycles. The van der Waals surface area contributed by atoms with E-state index < -0.39 is 5.91 Å². The van der Waals surface area contributed by atoms with Gasteiger partial charge >= 0.3 is 0 Å². The van der Waals surface area contributed by atoms with Gasteiger partial charge in [0.2, 0.25) is 5.91 Å². The van der Waals surface area contributed by atoms with Gasteiger partial charge in [0.25, 0.3) is 0 Å². The van der Waals surface area contributed by atoms with E-state index in [9.17, 15) is 4.79 Å². The van der Waals surface area contributed by atoms with E-state index in [2.05, 4.69) is 40.3 Å². The van der Waals surface area contributed by atoms with Crippen molar-refractivity contribution in [1.29, 1.82) is 0 Å². The molecular formula is C16H17BrN2O. The van der Waals surface area contributed by atoms with E-state index in [1.54, 1.807) is 6.07 Å². The summed E-state index contributed by atoms with van der Waals surface area (Å²) in [4.78, 5) is 11.1. The predicted octanol–water partition coefficient (Wildman–Crippen LogP) is 3.78. The minimum absolute atomic E-state index is 0.393. The Morgan fingerprint density at radius 2 is 1.95 bits per heavy atom. The molecule has 2 aromatic rings. The number of nitrogens with one attached hydrogen (secondary N) is 1. The molecule has 3 N–H and O–H groups in total. The average molecular weight is 333 g/mol. The van der Waals surface area contributed by atoms with Crippen LogP contribution in [0.5, 0.6) is 0 Å². The quantitative estimate of drug-likeness (QED) is 0.895. The molecule has 1 amide bonds. The zero-order valence-electron chi connectivity index (χ0n) is 11.5. The molecule has 20 heavy (non-hydrogen) atoms. The molecule has 0 heterocycles. The molecule has 0 saturated carbocycles. The highest BCUT2D eigenvalue weighted by atomic mass is 79.9. The summed E-state index contributed by atoms with van der Waals surface area (Å²) in [6.45, 7) is 4.75. The number of benzene rings is 2. The summed E-state index contributed by atoms with van der Waals surface area (Å²) in [6, 6.07) is 11.7. The summed E-state index contributed by atoms with van der Waals surface area (Å²) in [5, 5.41) is 3.39. The van der Waals surface area contributed by atoms with Crippen LogP contribution in [0.15, 0.2) is 40.9 Å². The molecule has 0 aromatic heterocycles. The van der Waals surface area contributed by atoms with Crippen LogP contribution in [0.2, 0.25) is 0 Å². The zero-order chi connectivity index (χ0) is 14.7. The van der Waals surface area contributed by atoms with E-state index in [4.69, 9.17) is 5.73 Å². The van der Waals surface area contributed by atoms with Crippen LogP contribution in [0.1, 0.15) is 27.0 Å². The second-order valence-corrected chi connectivity index (χ2v) is 5.79. The lowest BCUT2D eigenvalue weighted by atomic mass is 10.0. The van der Waals surface area contributed by atoms with Gasteiger partial charge in [-0.15, -0.1) is 0 Å². The predicted molar refractivity (Wildman–Crippen MR) is 85.9 cm³/mol. The van der Waals surface area contributed by atoms with Crippen molar-refractivity contribution in [3.8, 4) is 0 Å². The lowest BCUT2D eigenvalue weighted by Gasteiger charge is -2.11. The largest absolute Gasteiger partial charge is 0.381 e. The van der Waals surface area contributed by atoms with Crippen LogP contribution in [0.4, 0.5) is 5.69 Å². The van der Waals surface area contributed by atoms with Gasteiger partial charge in [-0.05, 0) is 60.9 Å². The maximum Gasteiger partial charge on any atom is 0.248 e. The molecule has 0 spiro atoms. The number of carbonyl (C=O) groups is 1. The monoisotopic (exact) mass is 332 g/mol. The molecule has 0 aliphatic heterocycles. The summed E-state index contributed by atoms with van der Waals surface area (Å²) in [6.07, 6.45) is 0. The van der Waals surface area contributed by atoms with E-state index in [1.807, 2.05) is 25.1 Å². The number of hydrogen-bond donors (Lipinski definition) is 2. The average Bonchev–Trinajstić information content (AvgIpc) is 2.36. The highest BCUT2D eigenvalue weighted by Gasteiger charge is 2.04. The van der Waals surface area contributed by atoms with Crippen LogP contribution in [0, 0.1) is 13.8 Å². The fourth-order valence-electron chi connectivity index (χ4n) is 2.08. The third kappa shape index (κ3) is 3.61. The molecule has 0 atom stereocenters. The van der Waals surface area contributed by atoms with Crippen molar-refractivity contribution in [2.75, 3.05) is 5.32 Å². The molecule has 0 aliphatic rings. The first kappa shape index (κ1) is 14.6. The Morgan fingerprint density at radius 1 is 1.20 bits per heavy atom. The maximum atomic E-state index is 11.1. The van der Waals surface area contributed by atoms with Crippen LogP contribution in [-0.2, 0) is 6.54 Å². The fraction of sp³-hybridized carbons (Fsp3) is 0.188. The second kappa shape index (κ2) is 6.09. The van der Waals surface area contributed by atoms with Gasteiger partial charge in [-0.2, -0.15) is 0 Å². The SMILES string of the molecule is Cc1cc(Br)cc(NCc2ccc(C(N)=O)cc2C)c1. The van der Waals surface area contributed by atoms with Crippen LogP contribution < -0.4 is 11.1 Å². The first-order valence-corrected chi connectivity index (χ1v) is 7.15. The lowest BCUT2D eigenvalue weighted by Crippen LogP contribution is -2.11. The number of anilines is 1. The number of rotatable bonds is 4. The number of halogens is 1. The summed E-state index contributed by atoms with van der Waals surface area (Å²) in [7, 11) is 0. The Morgan fingerprint density at radius 3 is 2.55 bits per heavy atom. The van der Waals surface area contributed by atoms with E-state index in [0.717, 1.165) is 21.3 Å². The van der Waals surface area contributed by atoms with Crippen molar-refractivity contribution >= 4 is 27.5 Å². The van der Waals surface area contributed by atoms with Crippen LogP contribution in [0.25, 0.3) is 0 Å². The van der Waals surface area contributed by atoms with Gasteiger partial charge in [0.15, 0.2) is 0 Å². The number of amides is 1. The number of carbonyl (C=O) groups excluding carboxylic acids is 1. The first-order valence-electron chi connectivity index (χ1n) is 6.36. The van der Waals surface area contributed by atoms with Gasteiger partial charge in [-0.3, -0.25) is 4.79 Å². The Hall–Kier alpha value is -1.81. The minimum atomic E-state index is -0.393. The molecule has 0 unspecified atom stereocenters. The maximum absolute atomic E-state index is 11.1. The van der Waals surface area contributed by atoms with Gasteiger partial charge in [0, 0.05) is 22.3 Å². The molecular weight excluding hydrogens is 316 g/mol. The molecule has 3 nitrogen and oxygen atoms in total. The molecule has 2 rings (SSSR count). The van der Waals surface area contributed by atoms with E-state index in [-0.39, 0.29) is 0 Å². The van der Waals surface area contributed by atoms with Gasteiger partial charge < -0.3 is 11.1 Å². The summed E-state index contributed by atoms with van der Waals surface area (Å²) >= 11 is 3.49. The standard InChI is InChI=1S/C16H17BrN2O/c1-10-5-14(17)8-15(6-10)19-9-13-4-3-12(16(18)20)7-11(13)2/h3-8,19H,9H2,1-2H3,(H2,18,20). The van der Waals surface area contributed by atoms with Crippen LogP contribution in [0.3, 0.4) is 0 Å². The van der Waals surface area contributed by atoms with Crippen LogP contribution >= 0.6 is 15.9 Å². The van der Waals surface area contributed by atoms with Gasteiger partial charge in [0.05, 0.1) is 0 Å². The molecule has 104 valence electrons. The van der Waals surface area contributed by atoms with Gasteiger partial charge in [-0.1, -0.05) is 22.0 Å². The van der Waals surface area contributed by atoms with E-state index in [0.29, 0.717) is 12.1 Å². The number of nitrogens with two attached hydrogens (primary N) is 1. The van der Waals surface area contributed by atoms with Crippen molar-refractivity contribution in [2.45, 2.75) is 20.4 Å². The van der Waals surface area contributed by atoms with Crippen molar-refractivity contribution in [2.24, 2.45) is 5.73 Å². The molecule has 0 radical (unpaired) electrons. The summed E-state index contributed by atoms with van der Waals surface area (Å²) in [5.74, 6) is -0.393. The minimum Gasteiger partial charge on any atom is -0.381 e. The molecule has 2 aromatic carbocycles.